The van der Waals surface area contributed by atoms with Crippen molar-refractivity contribution in [2.45, 2.75) is 31.6 Å². The molecule has 4 rings (SSSR count). The van der Waals surface area contributed by atoms with Gasteiger partial charge in [0.15, 0.2) is 0 Å². The lowest BCUT2D eigenvalue weighted by Crippen LogP contribution is -2.32. The van der Waals surface area contributed by atoms with E-state index in [0.29, 0.717) is 5.92 Å². The Bertz CT molecular complexity index is 742. The number of carbonyl (C=O) groups excluding carboxylic acids is 1. The summed E-state index contributed by atoms with van der Waals surface area (Å²) >= 11 is 6.14. The Kier molecular flexibility index (Phi) is 4.33. The number of hydrogen-bond acceptors (Lipinski definition) is 3. The molecule has 5 heteroatoms. The third kappa shape index (κ3) is 2.85. The van der Waals surface area contributed by atoms with Crippen LogP contribution in [-0.4, -0.2) is 30.0 Å². The summed E-state index contributed by atoms with van der Waals surface area (Å²) in [6, 6.07) is 9.88. The predicted molar refractivity (Wildman–Crippen MR) is 94.5 cm³/mol. The number of hydrogen-bond donors (Lipinski definition) is 0. The standard InChI is InChI=1S/C19H21ClN2O2/c20-21-11-8-14(13-21)15-5-1-2-6-16(15)19(23)22-10-4-3-7-18-17(22)9-12-24-18/h1-2,5-6,9,12,14H,3-4,7-8,10-11,13H2. The summed E-state index contributed by atoms with van der Waals surface area (Å²) in [5, 5.41) is 0. The van der Waals surface area contributed by atoms with Crippen LogP contribution >= 0.6 is 11.8 Å². The molecule has 1 aromatic carbocycles. The van der Waals surface area contributed by atoms with Crippen molar-refractivity contribution >= 4 is 23.4 Å². The Hall–Kier alpha value is -1.78. The lowest BCUT2D eigenvalue weighted by atomic mass is 9.93. The van der Waals surface area contributed by atoms with Gasteiger partial charge in [0.05, 0.1) is 12.0 Å². The highest BCUT2D eigenvalue weighted by atomic mass is 35.5. The lowest BCUT2D eigenvalue weighted by Gasteiger charge is -2.23. The number of fused-ring (bicyclic) bond motifs is 1. The van der Waals surface area contributed by atoms with Gasteiger partial charge in [-0.25, -0.2) is 4.42 Å². The highest BCUT2D eigenvalue weighted by molar-refractivity contribution is 6.13. The fraction of sp³-hybridized carbons (Fsp3) is 0.421. The van der Waals surface area contributed by atoms with Crippen LogP contribution in [0.4, 0.5) is 5.69 Å². The van der Waals surface area contributed by atoms with Gasteiger partial charge in [-0.1, -0.05) is 18.2 Å². The van der Waals surface area contributed by atoms with E-state index in [1.54, 1.807) is 6.26 Å². The van der Waals surface area contributed by atoms with Crippen molar-refractivity contribution in [3.05, 3.63) is 53.5 Å². The number of rotatable bonds is 2. The quantitative estimate of drug-likeness (QED) is 0.766. The Morgan fingerprint density at radius 2 is 2.04 bits per heavy atom. The van der Waals surface area contributed by atoms with E-state index in [1.807, 2.05) is 33.6 Å². The average Bonchev–Trinajstić information content (AvgIpc) is 3.19. The van der Waals surface area contributed by atoms with Gasteiger partial charge in [0.25, 0.3) is 5.91 Å². The van der Waals surface area contributed by atoms with Crippen LogP contribution in [0.5, 0.6) is 0 Å². The normalized spacial score (nSPS) is 21.5. The van der Waals surface area contributed by atoms with Crippen molar-refractivity contribution < 1.29 is 9.21 Å². The van der Waals surface area contributed by atoms with Crippen molar-refractivity contribution in [3.63, 3.8) is 0 Å². The maximum absolute atomic E-state index is 13.3. The molecule has 1 unspecified atom stereocenters. The maximum Gasteiger partial charge on any atom is 0.258 e. The Morgan fingerprint density at radius 1 is 1.17 bits per heavy atom. The van der Waals surface area contributed by atoms with Crippen LogP contribution in [0.3, 0.4) is 0 Å². The SMILES string of the molecule is O=C(c1ccccc1C1CCN(Cl)C1)N1CCCCc2occc21. The summed E-state index contributed by atoms with van der Waals surface area (Å²) in [6.45, 7) is 2.40. The summed E-state index contributed by atoms with van der Waals surface area (Å²) in [5.41, 5.74) is 2.83. The number of halogens is 1. The molecule has 0 aliphatic carbocycles. The highest BCUT2D eigenvalue weighted by Crippen LogP contribution is 2.33. The fourth-order valence-corrected chi connectivity index (χ4v) is 4.08. The molecule has 24 heavy (non-hydrogen) atoms. The third-order valence-electron chi connectivity index (χ3n) is 5.06. The van der Waals surface area contributed by atoms with E-state index in [9.17, 15) is 4.79 Å². The fourth-order valence-electron chi connectivity index (χ4n) is 3.81. The van der Waals surface area contributed by atoms with Gasteiger partial charge in [0, 0.05) is 37.7 Å². The molecule has 2 aliphatic heterocycles. The molecule has 0 N–H and O–H groups in total. The van der Waals surface area contributed by atoms with E-state index >= 15 is 0 Å². The van der Waals surface area contributed by atoms with Gasteiger partial charge in [-0.3, -0.25) is 4.79 Å². The summed E-state index contributed by atoms with van der Waals surface area (Å²) in [5.74, 6) is 1.31. The van der Waals surface area contributed by atoms with Crippen LogP contribution in [0.1, 0.15) is 46.9 Å². The molecule has 0 spiro atoms. The zero-order chi connectivity index (χ0) is 16.5. The number of furan rings is 1. The summed E-state index contributed by atoms with van der Waals surface area (Å²) in [7, 11) is 0. The Labute approximate surface area is 147 Å². The lowest BCUT2D eigenvalue weighted by molar-refractivity contribution is 0.0985. The largest absolute Gasteiger partial charge is 0.467 e. The van der Waals surface area contributed by atoms with E-state index in [-0.39, 0.29) is 5.91 Å². The van der Waals surface area contributed by atoms with Gasteiger partial charge in [-0.05, 0) is 48.6 Å². The molecule has 0 radical (unpaired) electrons. The number of anilines is 1. The highest BCUT2D eigenvalue weighted by Gasteiger charge is 2.30. The Balaban J connectivity index is 1.68. The minimum Gasteiger partial charge on any atom is -0.467 e. The summed E-state index contributed by atoms with van der Waals surface area (Å²) in [4.78, 5) is 15.2. The van der Waals surface area contributed by atoms with Gasteiger partial charge in [0.1, 0.15) is 5.76 Å². The molecule has 4 nitrogen and oxygen atoms in total. The Morgan fingerprint density at radius 3 is 2.88 bits per heavy atom. The van der Waals surface area contributed by atoms with Gasteiger partial charge in [0.2, 0.25) is 0 Å². The van der Waals surface area contributed by atoms with Crippen LogP contribution in [0.25, 0.3) is 0 Å². The first-order valence-electron chi connectivity index (χ1n) is 8.62. The molecule has 1 fully saturated rings. The number of amides is 1. The molecule has 2 aliphatic rings. The van der Waals surface area contributed by atoms with E-state index in [2.05, 4.69) is 6.07 Å². The van der Waals surface area contributed by atoms with Crippen molar-refractivity contribution in [3.8, 4) is 0 Å². The van der Waals surface area contributed by atoms with Gasteiger partial charge in [-0.15, -0.1) is 0 Å². The van der Waals surface area contributed by atoms with Crippen molar-refractivity contribution in [1.82, 2.24) is 4.42 Å². The topological polar surface area (TPSA) is 36.7 Å². The smallest absolute Gasteiger partial charge is 0.258 e. The molecule has 1 amide bonds. The minimum absolute atomic E-state index is 0.0724. The van der Waals surface area contributed by atoms with Gasteiger partial charge >= 0.3 is 0 Å². The van der Waals surface area contributed by atoms with Crippen LogP contribution in [0.15, 0.2) is 41.0 Å². The third-order valence-corrected chi connectivity index (χ3v) is 5.37. The second kappa shape index (κ2) is 6.61. The van der Waals surface area contributed by atoms with Gasteiger partial charge in [-0.2, -0.15) is 0 Å². The van der Waals surface area contributed by atoms with Crippen LogP contribution in [0, 0.1) is 0 Å². The molecule has 2 aromatic rings. The maximum atomic E-state index is 13.3. The van der Waals surface area contributed by atoms with Crippen molar-refractivity contribution in [1.29, 1.82) is 0 Å². The molecular formula is C19H21ClN2O2. The second-order valence-corrected chi connectivity index (χ2v) is 7.06. The zero-order valence-electron chi connectivity index (χ0n) is 13.6. The number of aryl methyl sites for hydroxylation is 1. The zero-order valence-corrected chi connectivity index (χ0v) is 14.3. The average molecular weight is 345 g/mol. The second-order valence-electron chi connectivity index (χ2n) is 6.58. The predicted octanol–water partition coefficient (Wildman–Crippen LogP) is 4.21. The number of nitrogens with zero attached hydrogens (tertiary/aromatic N) is 2. The molecule has 1 saturated heterocycles. The molecule has 126 valence electrons. The van der Waals surface area contributed by atoms with Crippen LogP contribution in [0.2, 0.25) is 0 Å². The van der Waals surface area contributed by atoms with E-state index < -0.39 is 0 Å². The first-order valence-corrected chi connectivity index (χ1v) is 8.96. The van der Waals surface area contributed by atoms with E-state index in [4.69, 9.17) is 16.2 Å². The van der Waals surface area contributed by atoms with Crippen LogP contribution < -0.4 is 4.90 Å². The molecule has 3 heterocycles. The van der Waals surface area contributed by atoms with E-state index in [0.717, 1.165) is 67.9 Å². The molecule has 1 aromatic heterocycles. The number of benzene rings is 1. The van der Waals surface area contributed by atoms with Crippen molar-refractivity contribution in [2.24, 2.45) is 0 Å². The van der Waals surface area contributed by atoms with Gasteiger partial charge < -0.3 is 9.32 Å². The van der Waals surface area contributed by atoms with Crippen molar-refractivity contribution in [2.75, 3.05) is 24.5 Å². The summed E-state index contributed by atoms with van der Waals surface area (Å²) in [6.07, 6.45) is 5.62. The monoisotopic (exact) mass is 344 g/mol. The molecule has 0 bridgehead atoms. The minimum atomic E-state index is 0.0724. The summed E-state index contributed by atoms with van der Waals surface area (Å²) < 4.78 is 7.39. The molecule has 0 saturated carbocycles. The van der Waals surface area contributed by atoms with E-state index in [1.165, 1.54) is 0 Å². The molecule has 1 atom stereocenters. The first-order chi connectivity index (χ1) is 11.7. The first kappa shape index (κ1) is 15.7. The molecular weight excluding hydrogens is 324 g/mol. The number of carbonyl (C=O) groups is 1. The van der Waals surface area contributed by atoms with Crippen LogP contribution in [-0.2, 0) is 6.42 Å².